The highest BCUT2D eigenvalue weighted by Crippen LogP contribution is 2.23. The third kappa shape index (κ3) is 3.17. The molecule has 0 unspecified atom stereocenters. The summed E-state index contributed by atoms with van der Waals surface area (Å²) in [5.74, 6) is -0.351. The Morgan fingerprint density at radius 3 is 2.53 bits per heavy atom. The lowest BCUT2D eigenvalue weighted by atomic mass is 10.1. The molecule has 5 heteroatoms. The van der Waals surface area contributed by atoms with Crippen LogP contribution in [-0.4, -0.2) is 36.6 Å². The van der Waals surface area contributed by atoms with Gasteiger partial charge in [0.2, 0.25) is 0 Å². The molecule has 1 aliphatic rings. The number of alkyl halides is 1. The summed E-state index contributed by atoms with van der Waals surface area (Å²) in [6, 6.07) is 6.60. The van der Waals surface area contributed by atoms with Crippen molar-refractivity contribution in [1.82, 2.24) is 0 Å². The van der Waals surface area contributed by atoms with Gasteiger partial charge in [-0.2, -0.15) is 0 Å². The molecule has 0 aliphatic carbocycles. The van der Waals surface area contributed by atoms with E-state index in [0.717, 1.165) is 0 Å². The number of ether oxygens (including phenoxy) is 2. The van der Waals surface area contributed by atoms with Crippen LogP contribution >= 0.6 is 0 Å². The minimum atomic E-state index is -1.38. The van der Waals surface area contributed by atoms with Gasteiger partial charge in [-0.3, -0.25) is 4.79 Å². The van der Waals surface area contributed by atoms with Crippen molar-refractivity contribution in [3.63, 3.8) is 0 Å². The van der Waals surface area contributed by atoms with Crippen LogP contribution in [0.25, 0.3) is 0 Å². The Labute approximate surface area is 98.0 Å². The minimum Gasteiger partial charge on any atom is -0.490 e. The second-order valence-corrected chi connectivity index (χ2v) is 4.15. The summed E-state index contributed by atoms with van der Waals surface area (Å²) in [6.45, 7) is 0.111. The number of carbonyl (C=O) groups is 1. The van der Waals surface area contributed by atoms with Crippen LogP contribution in [0.5, 0.6) is 5.75 Å². The first kappa shape index (κ1) is 11.9. The molecule has 1 N–H and O–H groups in total. The van der Waals surface area contributed by atoms with E-state index < -0.39 is 11.6 Å². The number of aliphatic carboxylic acids is 1. The predicted molar refractivity (Wildman–Crippen MR) is 57.9 cm³/mol. The minimum absolute atomic E-state index is 0.0266. The molecule has 1 aliphatic heterocycles. The Morgan fingerprint density at radius 2 is 2.06 bits per heavy atom. The largest absolute Gasteiger partial charge is 0.490 e. The fourth-order valence-corrected chi connectivity index (χ4v) is 1.50. The van der Waals surface area contributed by atoms with Gasteiger partial charge >= 0.3 is 5.97 Å². The number of carboxylic acid groups (broad SMARTS) is 1. The Kier molecular flexibility index (Phi) is 3.28. The van der Waals surface area contributed by atoms with Gasteiger partial charge in [-0.05, 0) is 17.7 Å². The van der Waals surface area contributed by atoms with Crippen molar-refractivity contribution in [3.05, 3.63) is 29.8 Å². The Morgan fingerprint density at radius 1 is 1.41 bits per heavy atom. The van der Waals surface area contributed by atoms with Gasteiger partial charge in [0.05, 0.1) is 19.6 Å². The molecule has 1 aromatic carbocycles. The lowest BCUT2D eigenvalue weighted by Crippen LogP contribution is -2.50. The average molecular weight is 240 g/mol. The van der Waals surface area contributed by atoms with E-state index in [0.29, 0.717) is 11.3 Å². The molecule has 0 atom stereocenters. The summed E-state index contributed by atoms with van der Waals surface area (Å²) in [5, 5.41) is 8.59. The molecule has 4 nitrogen and oxygen atoms in total. The highest BCUT2D eigenvalue weighted by molar-refractivity contribution is 5.70. The SMILES string of the molecule is O=C(O)Cc1ccc(OCC2(F)COC2)cc1. The van der Waals surface area contributed by atoms with E-state index >= 15 is 0 Å². The number of hydrogen-bond acceptors (Lipinski definition) is 3. The van der Waals surface area contributed by atoms with Crippen molar-refractivity contribution in [3.8, 4) is 5.75 Å². The van der Waals surface area contributed by atoms with Crippen molar-refractivity contribution in [1.29, 1.82) is 0 Å². The highest BCUT2D eigenvalue weighted by atomic mass is 19.1. The smallest absolute Gasteiger partial charge is 0.307 e. The van der Waals surface area contributed by atoms with Gasteiger partial charge in [-0.1, -0.05) is 12.1 Å². The molecule has 1 saturated heterocycles. The zero-order chi connectivity index (χ0) is 12.3. The number of halogens is 1. The van der Waals surface area contributed by atoms with E-state index in [1.54, 1.807) is 24.3 Å². The molecule has 1 fully saturated rings. The van der Waals surface area contributed by atoms with E-state index in [4.69, 9.17) is 14.6 Å². The van der Waals surface area contributed by atoms with Crippen LogP contribution < -0.4 is 4.74 Å². The molecule has 0 saturated carbocycles. The van der Waals surface area contributed by atoms with E-state index in [2.05, 4.69) is 0 Å². The van der Waals surface area contributed by atoms with Gasteiger partial charge in [-0.25, -0.2) is 4.39 Å². The van der Waals surface area contributed by atoms with E-state index in [1.807, 2.05) is 0 Å². The van der Waals surface area contributed by atoms with Gasteiger partial charge in [0.25, 0.3) is 0 Å². The summed E-state index contributed by atoms with van der Waals surface area (Å²) in [7, 11) is 0. The van der Waals surface area contributed by atoms with Crippen LogP contribution in [0.2, 0.25) is 0 Å². The molecule has 1 heterocycles. The maximum atomic E-state index is 13.5. The third-order valence-corrected chi connectivity index (χ3v) is 2.50. The van der Waals surface area contributed by atoms with Gasteiger partial charge in [0.15, 0.2) is 5.67 Å². The van der Waals surface area contributed by atoms with Gasteiger partial charge in [0, 0.05) is 0 Å². The fourth-order valence-electron chi connectivity index (χ4n) is 1.50. The summed E-state index contributed by atoms with van der Waals surface area (Å²) in [4.78, 5) is 10.5. The number of carboxylic acids is 1. The van der Waals surface area contributed by atoms with Gasteiger partial charge < -0.3 is 14.6 Å². The van der Waals surface area contributed by atoms with Crippen molar-refractivity contribution >= 4 is 5.97 Å². The zero-order valence-electron chi connectivity index (χ0n) is 9.19. The lowest BCUT2D eigenvalue weighted by Gasteiger charge is -2.33. The van der Waals surface area contributed by atoms with Crippen molar-refractivity contribution < 1.29 is 23.8 Å². The maximum Gasteiger partial charge on any atom is 0.307 e. The second kappa shape index (κ2) is 4.71. The molecule has 92 valence electrons. The highest BCUT2D eigenvalue weighted by Gasteiger charge is 2.39. The number of benzene rings is 1. The molecule has 0 aromatic heterocycles. The zero-order valence-corrected chi connectivity index (χ0v) is 9.19. The average Bonchev–Trinajstić information content (AvgIpc) is 2.25. The van der Waals surface area contributed by atoms with Gasteiger partial charge in [0.1, 0.15) is 12.4 Å². The topological polar surface area (TPSA) is 55.8 Å². The van der Waals surface area contributed by atoms with E-state index in [9.17, 15) is 9.18 Å². The predicted octanol–water partition coefficient (Wildman–Crippen LogP) is 1.43. The van der Waals surface area contributed by atoms with Crippen LogP contribution in [0.1, 0.15) is 5.56 Å². The van der Waals surface area contributed by atoms with Crippen LogP contribution in [0.3, 0.4) is 0 Å². The summed E-state index contributed by atoms with van der Waals surface area (Å²) in [5.41, 5.74) is -0.688. The molecule has 1 aromatic rings. The van der Waals surface area contributed by atoms with E-state index in [1.165, 1.54) is 0 Å². The first-order chi connectivity index (χ1) is 8.07. The monoisotopic (exact) mass is 240 g/mol. The van der Waals surface area contributed by atoms with Crippen molar-refractivity contribution in [2.75, 3.05) is 19.8 Å². The normalized spacial score (nSPS) is 17.2. The molecule has 0 amide bonds. The lowest BCUT2D eigenvalue weighted by molar-refractivity contribution is -0.146. The molecule has 0 radical (unpaired) electrons. The molecule has 2 rings (SSSR count). The molecule has 0 bridgehead atoms. The first-order valence-electron chi connectivity index (χ1n) is 5.28. The summed E-state index contributed by atoms with van der Waals surface area (Å²) in [6.07, 6.45) is -0.0266. The fraction of sp³-hybridized carbons (Fsp3) is 0.417. The van der Waals surface area contributed by atoms with Crippen LogP contribution in [0.4, 0.5) is 4.39 Å². The molecule has 0 spiro atoms. The number of rotatable bonds is 5. The maximum absolute atomic E-state index is 13.5. The molecule has 17 heavy (non-hydrogen) atoms. The van der Waals surface area contributed by atoms with Gasteiger partial charge in [-0.15, -0.1) is 0 Å². The first-order valence-corrected chi connectivity index (χ1v) is 5.28. The third-order valence-electron chi connectivity index (χ3n) is 2.50. The quantitative estimate of drug-likeness (QED) is 0.845. The summed E-state index contributed by atoms with van der Waals surface area (Å²) >= 11 is 0. The molecular formula is C12H13FO4. The molecular weight excluding hydrogens is 227 g/mol. The Hall–Kier alpha value is -1.62. The second-order valence-electron chi connectivity index (χ2n) is 4.15. The van der Waals surface area contributed by atoms with Crippen molar-refractivity contribution in [2.24, 2.45) is 0 Å². The summed E-state index contributed by atoms with van der Waals surface area (Å²) < 4.78 is 23.6. The van der Waals surface area contributed by atoms with Crippen molar-refractivity contribution in [2.45, 2.75) is 12.1 Å². The Bertz CT molecular complexity index is 397. The van der Waals surface area contributed by atoms with Crippen LogP contribution in [-0.2, 0) is 16.0 Å². The van der Waals surface area contributed by atoms with Crippen LogP contribution in [0.15, 0.2) is 24.3 Å². The van der Waals surface area contributed by atoms with E-state index in [-0.39, 0.29) is 26.2 Å². The standard InChI is InChI=1S/C12H13FO4/c13-12(6-16-7-12)8-17-10-3-1-9(2-4-10)5-11(14)15/h1-4H,5-8H2,(H,14,15). The Balaban J connectivity index is 1.87. The number of hydrogen-bond donors (Lipinski definition) is 1. The van der Waals surface area contributed by atoms with Crippen LogP contribution in [0, 0.1) is 0 Å².